The smallest absolute Gasteiger partial charge is 0.401 e. The number of para-hydroxylation sites is 1. The van der Waals surface area contributed by atoms with Gasteiger partial charge in [0.2, 0.25) is 0 Å². The van der Waals surface area contributed by atoms with Crippen LogP contribution in [0.15, 0.2) is 24.3 Å². The van der Waals surface area contributed by atoms with Crippen LogP contribution in [0.1, 0.15) is 24.9 Å². The molecule has 1 aromatic carbocycles. The first-order chi connectivity index (χ1) is 9.42. The lowest BCUT2D eigenvalue weighted by molar-refractivity contribution is -0.154. The normalized spacial score (nSPS) is 22.5. The molecule has 0 radical (unpaired) electrons. The molecule has 6 heteroatoms. The van der Waals surface area contributed by atoms with Crippen LogP contribution in [0.3, 0.4) is 0 Å². The Labute approximate surface area is 116 Å². The fourth-order valence-corrected chi connectivity index (χ4v) is 2.59. The van der Waals surface area contributed by atoms with Crippen molar-refractivity contribution < 1.29 is 17.9 Å². The van der Waals surface area contributed by atoms with Gasteiger partial charge in [-0.15, -0.1) is 0 Å². The highest BCUT2D eigenvalue weighted by Crippen LogP contribution is 2.33. The van der Waals surface area contributed by atoms with Gasteiger partial charge in [0.05, 0.1) is 18.6 Å². The molecule has 2 rings (SSSR count). The molecule has 1 heterocycles. The summed E-state index contributed by atoms with van der Waals surface area (Å²) in [5.41, 5.74) is 6.92. The molecular weight excluding hydrogens is 269 g/mol. The standard InChI is InChI=1S/C14H19F3N2O/c1-2-7-19(9-14(15,16)17)11-8-20-12-6-4-3-5-10(12)13(11)18/h3-6,11,13H,2,7-9,18H2,1H3. The van der Waals surface area contributed by atoms with Crippen LogP contribution in [0.5, 0.6) is 5.75 Å². The first-order valence-corrected chi connectivity index (χ1v) is 6.70. The van der Waals surface area contributed by atoms with E-state index in [0.29, 0.717) is 18.7 Å². The zero-order valence-corrected chi connectivity index (χ0v) is 11.4. The van der Waals surface area contributed by atoms with Crippen molar-refractivity contribution in [2.24, 2.45) is 5.73 Å². The predicted octanol–water partition coefficient (Wildman–Crippen LogP) is 2.72. The number of alkyl halides is 3. The maximum absolute atomic E-state index is 12.7. The molecule has 0 amide bonds. The lowest BCUT2D eigenvalue weighted by Gasteiger charge is -2.39. The number of hydrogen-bond acceptors (Lipinski definition) is 3. The van der Waals surface area contributed by atoms with Crippen molar-refractivity contribution in [2.75, 3.05) is 19.7 Å². The first kappa shape index (κ1) is 15.1. The van der Waals surface area contributed by atoms with E-state index in [1.54, 1.807) is 6.07 Å². The highest BCUT2D eigenvalue weighted by molar-refractivity contribution is 5.38. The summed E-state index contributed by atoms with van der Waals surface area (Å²) in [7, 11) is 0. The molecule has 112 valence electrons. The van der Waals surface area contributed by atoms with E-state index in [4.69, 9.17) is 10.5 Å². The van der Waals surface area contributed by atoms with E-state index < -0.39 is 24.8 Å². The first-order valence-electron chi connectivity index (χ1n) is 6.70. The quantitative estimate of drug-likeness (QED) is 0.926. The topological polar surface area (TPSA) is 38.5 Å². The molecule has 0 saturated carbocycles. The van der Waals surface area contributed by atoms with Crippen LogP contribution >= 0.6 is 0 Å². The number of fused-ring (bicyclic) bond motifs is 1. The van der Waals surface area contributed by atoms with Crippen molar-refractivity contribution in [1.82, 2.24) is 4.90 Å². The van der Waals surface area contributed by atoms with Crippen molar-refractivity contribution in [1.29, 1.82) is 0 Å². The van der Waals surface area contributed by atoms with Crippen LogP contribution in [0.25, 0.3) is 0 Å². The van der Waals surface area contributed by atoms with Crippen LogP contribution in [-0.4, -0.2) is 36.8 Å². The second kappa shape index (κ2) is 6.01. The number of halogens is 3. The summed E-state index contributed by atoms with van der Waals surface area (Å²) in [5.74, 6) is 0.666. The molecule has 0 aromatic heterocycles. The molecule has 0 saturated heterocycles. The van der Waals surface area contributed by atoms with Gasteiger partial charge >= 0.3 is 6.18 Å². The maximum Gasteiger partial charge on any atom is 0.401 e. The zero-order valence-electron chi connectivity index (χ0n) is 11.4. The molecule has 1 aliphatic heterocycles. The van der Waals surface area contributed by atoms with Crippen LogP contribution in [0.4, 0.5) is 13.2 Å². The SMILES string of the molecule is CCCN(CC(F)(F)F)C1COc2ccccc2C1N. The van der Waals surface area contributed by atoms with E-state index in [1.165, 1.54) is 4.90 Å². The average Bonchev–Trinajstić information content (AvgIpc) is 2.37. The van der Waals surface area contributed by atoms with Gasteiger partial charge in [0.1, 0.15) is 12.4 Å². The second-order valence-electron chi connectivity index (χ2n) is 5.03. The molecule has 0 bridgehead atoms. The fraction of sp³-hybridized carbons (Fsp3) is 0.571. The minimum absolute atomic E-state index is 0.189. The molecule has 20 heavy (non-hydrogen) atoms. The third-order valence-corrected chi connectivity index (χ3v) is 3.46. The molecule has 2 N–H and O–H groups in total. The van der Waals surface area contributed by atoms with Crippen molar-refractivity contribution in [3.8, 4) is 5.75 Å². The van der Waals surface area contributed by atoms with E-state index in [9.17, 15) is 13.2 Å². The third kappa shape index (κ3) is 3.43. The highest BCUT2D eigenvalue weighted by atomic mass is 19.4. The molecule has 1 aromatic rings. The Morgan fingerprint density at radius 1 is 1.35 bits per heavy atom. The molecule has 3 nitrogen and oxygen atoms in total. The highest BCUT2D eigenvalue weighted by Gasteiger charge is 2.38. The van der Waals surface area contributed by atoms with Gasteiger partial charge in [0.25, 0.3) is 0 Å². The molecule has 0 aliphatic carbocycles. The number of ether oxygens (including phenoxy) is 1. The lowest BCUT2D eigenvalue weighted by atomic mass is 9.96. The molecule has 2 atom stereocenters. The van der Waals surface area contributed by atoms with E-state index in [2.05, 4.69) is 0 Å². The van der Waals surface area contributed by atoms with Crippen LogP contribution in [0, 0.1) is 0 Å². The number of rotatable bonds is 4. The Bertz CT molecular complexity index is 450. The Kier molecular flexibility index (Phi) is 4.55. The Morgan fingerprint density at radius 2 is 2.05 bits per heavy atom. The van der Waals surface area contributed by atoms with Gasteiger partial charge < -0.3 is 10.5 Å². The van der Waals surface area contributed by atoms with Gasteiger partial charge in [0.15, 0.2) is 0 Å². The number of benzene rings is 1. The number of nitrogens with two attached hydrogens (primary N) is 1. The summed E-state index contributed by atoms with van der Waals surface area (Å²) in [6.45, 7) is 1.44. The molecule has 1 aliphatic rings. The Morgan fingerprint density at radius 3 is 2.70 bits per heavy atom. The lowest BCUT2D eigenvalue weighted by Crippen LogP contribution is -2.51. The van der Waals surface area contributed by atoms with Gasteiger partial charge in [-0.05, 0) is 19.0 Å². The van der Waals surface area contributed by atoms with Gasteiger partial charge in [-0.25, -0.2) is 0 Å². The third-order valence-electron chi connectivity index (χ3n) is 3.46. The molecule has 2 unspecified atom stereocenters. The van der Waals surface area contributed by atoms with Gasteiger partial charge in [-0.2, -0.15) is 13.2 Å². The minimum Gasteiger partial charge on any atom is -0.492 e. The monoisotopic (exact) mass is 288 g/mol. The Hall–Kier alpha value is -1.27. The van der Waals surface area contributed by atoms with E-state index in [1.807, 2.05) is 25.1 Å². The summed E-state index contributed by atoms with van der Waals surface area (Å²) >= 11 is 0. The van der Waals surface area contributed by atoms with E-state index >= 15 is 0 Å². The predicted molar refractivity (Wildman–Crippen MR) is 70.6 cm³/mol. The van der Waals surface area contributed by atoms with Crippen molar-refractivity contribution >= 4 is 0 Å². The van der Waals surface area contributed by atoms with E-state index in [0.717, 1.165) is 5.56 Å². The zero-order chi connectivity index (χ0) is 14.8. The number of nitrogens with zero attached hydrogens (tertiary/aromatic N) is 1. The van der Waals surface area contributed by atoms with Crippen LogP contribution in [-0.2, 0) is 0 Å². The largest absolute Gasteiger partial charge is 0.492 e. The average molecular weight is 288 g/mol. The molecule has 0 fully saturated rings. The summed E-state index contributed by atoms with van der Waals surface area (Å²) in [6, 6.07) is 6.33. The van der Waals surface area contributed by atoms with Crippen LogP contribution < -0.4 is 10.5 Å². The number of hydrogen-bond donors (Lipinski definition) is 1. The fourth-order valence-electron chi connectivity index (χ4n) is 2.59. The Balaban J connectivity index is 2.18. The van der Waals surface area contributed by atoms with Crippen LogP contribution in [0.2, 0.25) is 0 Å². The van der Waals surface area contributed by atoms with Gasteiger partial charge in [0, 0.05) is 5.56 Å². The van der Waals surface area contributed by atoms with Crippen molar-refractivity contribution in [2.45, 2.75) is 31.6 Å². The molecule has 0 spiro atoms. The summed E-state index contributed by atoms with van der Waals surface area (Å²) in [5, 5.41) is 0. The molecular formula is C14H19F3N2O. The van der Waals surface area contributed by atoms with E-state index in [-0.39, 0.29) is 6.61 Å². The van der Waals surface area contributed by atoms with Gasteiger partial charge in [-0.3, -0.25) is 4.90 Å². The summed E-state index contributed by atoms with van der Waals surface area (Å²) in [4.78, 5) is 1.38. The minimum atomic E-state index is -4.23. The second-order valence-corrected chi connectivity index (χ2v) is 5.03. The van der Waals surface area contributed by atoms with Crippen molar-refractivity contribution in [3.63, 3.8) is 0 Å². The maximum atomic E-state index is 12.7. The summed E-state index contributed by atoms with van der Waals surface area (Å²) in [6.07, 6.45) is -3.59. The summed E-state index contributed by atoms with van der Waals surface area (Å²) < 4.78 is 43.6. The van der Waals surface area contributed by atoms with Gasteiger partial charge in [-0.1, -0.05) is 25.1 Å². The van der Waals surface area contributed by atoms with Crippen molar-refractivity contribution in [3.05, 3.63) is 29.8 Å².